The number of rotatable bonds is 0. The van der Waals surface area contributed by atoms with Crippen LogP contribution in [0.5, 0.6) is 0 Å². The largest absolute Gasteiger partial charge is 0.375 e. The molecule has 0 amide bonds. The van der Waals surface area contributed by atoms with Crippen LogP contribution in [0, 0.1) is 5.92 Å². The van der Waals surface area contributed by atoms with Crippen molar-refractivity contribution < 1.29 is 4.74 Å². The van der Waals surface area contributed by atoms with Gasteiger partial charge >= 0.3 is 0 Å². The molecule has 0 aromatic carbocycles. The molecule has 2 fully saturated rings. The molecule has 1 aliphatic heterocycles. The van der Waals surface area contributed by atoms with Gasteiger partial charge in [0.2, 0.25) is 0 Å². The van der Waals surface area contributed by atoms with Crippen LogP contribution in [0.25, 0.3) is 0 Å². The van der Waals surface area contributed by atoms with Crippen LogP contribution < -0.4 is 0 Å². The number of hydrogen-bond donors (Lipinski definition) is 0. The van der Waals surface area contributed by atoms with Gasteiger partial charge in [-0.3, -0.25) is 0 Å². The van der Waals surface area contributed by atoms with E-state index in [0.29, 0.717) is 12.2 Å². The maximum atomic E-state index is 5.77. The van der Waals surface area contributed by atoms with Crippen molar-refractivity contribution in [2.24, 2.45) is 5.92 Å². The average molecular weight is 152 g/mol. The highest BCUT2D eigenvalue weighted by Crippen LogP contribution is 2.38. The summed E-state index contributed by atoms with van der Waals surface area (Å²) in [6, 6.07) is 0. The lowest BCUT2D eigenvalue weighted by molar-refractivity contribution is 0.0334. The van der Waals surface area contributed by atoms with E-state index >= 15 is 0 Å². The van der Waals surface area contributed by atoms with E-state index in [9.17, 15) is 0 Å². The first kappa shape index (κ1) is 7.35. The topological polar surface area (TPSA) is 9.23 Å². The van der Waals surface area contributed by atoms with Gasteiger partial charge in [-0.25, -0.2) is 0 Å². The van der Waals surface area contributed by atoms with Gasteiger partial charge in [0.1, 0.15) is 0 Å². The maximum Gasteiger partial charge on any atom is 0.0614 e. The van der Waals surface area contributed by atoms with Gasteiger partial charge in [-0.1, -0.05) is 12.2 Å². The van der Waals surface area contributed by atoms with Crippen LogP contribution in [-0.4, -0.2) is 12.2 Å². The highest BCUT2D eigenvalue weighted by Gasteiger charge is 2.35. The normalized spacial score (nSPS) is 44.1. The van der Waals surface area contributed by atoms with E-state index in [4.69, 9.17) is 4.74 Å². The van der Waals surface area contributed by atoms with E-state index in [-0.39, 0.29) is 0 Å². The zero-order valence-electron chi connectivity index (χ0n) is 7.18. The molecule has 0 N–H and O–H groups in total. The molecule has 1 heterocycles. The molecule has 1 nitrogen and oxygen atoms in total. The highest BCUT2D eigenvalue weighted by molar-refractivity contribution is 5.04. The molecule has 11 heavy (non-hydrogen) atoms. The summed E-state index contributed by atoms with van der Waals surface area (Å²) >= 11 is 0. The Hall–Kier alpha value is -0.300. The Labute approximate surface area is 68.4 Å². The Bertz CT molecular complexity index is 174. The van der Waals surface area contributed by atoms with Crippen LogP contribution in [-0.2, 0) is 4.74 Å². The van der Waals surface area contributed by atoms with Crippen molar-refractivity contribution in [1.29, 1.82) is 0 Å². The molecule has 1 saturated heterocycles. The predicted octanol–water partition coefficient (Wildman–Crippen LogP) is 2.52. The molecule has 1 heteroatoms. The smallest absolute Gasteiger partial charge is 0.0614 e. The maximum absolute atomic E-state index is 5.77. The van der Waals surface area contributed by atoms with Gasteiger partial charge in [-0.2, -0.15) is 0 Å². The number of fused-ring (bicyclic) bond motifs is 1. The second-order valence-electron chi connectivity index (χ2n) is 3.97. The summed E-state index contributed by atoms with van der Waals surface area (Å²) < 4.78 is 5.77. The van der Waals surface area contributed by atoms with E-state index in [0.717, 1.165) is 5.92 Å². The first-order valence-corrected chi connectivity index (χ1v) is 4.58. The summed E-state index contributed by atoms with van der Waals surface area (Å²) in [6.07, 6.45) is 5.94. The third-order valence-electron chi connectivity index (χ3n) is 2.90. The minimum absolute atomic E-state index is 0.496. The van der Waals surface area contributed by atoms with Gasteiger partial charge in [0, 0.05) is 0 Å². The highest BCUT2D eigenvalue weighted by atomic mass is 16.5. The molecule has 0 spiro atoms. The number of allylic oxidation sites excluding steroid dienone is 1. The predicted molar refractivity (Wildman–Crippen MR) is 45.4 cm³/mol. The molecule has 1 aliphatic carbocycles. The fraction of sp³-hybridized carbons (Fsp3) is 0.800. The van der Waals surface area contributed by atoms with Crippen molar-refractivity contribution in [2.75, 3.05) is 0 Å². The second-order valence-corrected chi connectivity index (χ2v) is 3.97. The Morgan fingerprint density at radius 3 is 3.18 bits per heavy atom. The Kier molecular flexibility index (Phi) is 1.76. The summed E-state index contributed by atoms with van der Waals surface area (Å²) in [4.78, 5) is 0. The van der Waals surface area contributed by atoms with E-state index < -0.39 is 0 Å². The lowest BCUT2D eigenvalue weighted by Gasteiger charge is -2.25. The van der Waals surface area contributed by atoms with Gasteiger partial charge in [0.05, 0.1) is 12.2 Å². The molecule has 2 aliphatic rings. The van der Waals surface area contributed by atoms with Crippen molar-refractivity contribution in [3.05, 3.63) is 12.2 Å². The lowest BCUT2D eigenvalue weighted by Crippen LogP contribution is -2.21. The molecule has 0 aromatic heterocycles. The zero-order chi connectivity index (χ0) is 7.84. The van der Waals surface area contributed by atoms with E-state index in [1.807, 2.05) is 0 Å². The monoisotopic (exact) mass is 152 g/mol. The number of ether oxygens (including phenoxy) is 1. The minimum atomic E-state index is 0.496. The zero-order valence-corrected chi connectivity index (χ0v) is 7.18. The Morgan fingerprint density at radius 2 is 2.36 bits per heavy atom. The fourth-order valence-corrected chi connectivity index (χ4v) is 2.38. The van der Waals surface area contributed by atoms with E-state index in [2.05, 4.69) is 13.5 Å². The van der Waals surface area contributed by atoms with Crippen molar-refractivity contribution in [3.63, 3.8) is 0 Å². The summed E-state index contributed by atoms with van der Waals surface area (Å²) in [7, 11) is 0. The molecule has 2 rings (SSSR count). The van der Waals surface area contributed by atoms with E-state index in [1.165, 1.54) is 31.3 Å². The van der Waals surface area contributed by atoms with Crippen LogP contribution in [0.4, 0.5) is 0 Å². The standard InChI is InChI=1S/C10H16O/c1-7-3-4-10-9(5-7)6-8(2)11-10/h8-10H,1,3-6H2,2H3. The van der Waals surface area contributed by atoms with Crippen LogP contribution >= 0.6 is 0 Å². The average Bonchev–Trinajstić information content (AvgIpc) is 2.27. The van der Waals surface area contributed by atoms with Gasteiger partial charge in [-0.05, 0) is 38.5 Å². The molecular weight excluding hydrogens is 136 g/mol. The van der Waals surface area contributed by atoms with Crippen molar-refractivity contribution in [2.45, 2.75) is 44.8 Å². The lowest BCUT2D eigenvalue weighted by atomic mass is 9.83. The van der Waals surface area contributed by atoms with Crippen molar-refractivity contribution >= 4 is 0 Å². The van der Waals surface area contributed by atoms with Crippen LogP contribution in [0.15, 0.2) is 12.2 Å². The molecule has 62 valence electrons. The molecule has 0 bridgehead atoms. The number of hydrogen-bond acceptors (Lipinski definition) is 1. The quantitative estimate of drug-likeness (QED) is 0.485. The Balaban J connectivity index is 2.02. The van der Waals surface area contributed by atoms with Crippen molar-refractivity contribution in [1.82, 2.24) is 0 Å². The van der Waals surface area contributed by atoms with Crippen LogP contribution in [0.1, 0.15) is 32.6 Å². The summed E-state index contributed by atoms with van der Waals surface area (Å²) in [5, 5.41) is 0. The first-order valence-electron chi connectivity index (χ1n) is 4.58. The molecule has 3 atom stereocenters. The summed E-state index contributed by atoms with van der Waals surface area (Å²) in [6.45, 7) is 6.23. The van der Waals surface area contributed by atoms with E-state index in [1.54, 1.807) is 0 Å². The second kappa shape index (κ2) is 2.63. The molecular formula is C10H16O. The van der Waals surface area contributed by atoms with Crippen LogP contribution in [0.3, 0.4) is 0 Å². The van der Waals surface area contributed by atoms with Gasteiger partial charge in [0.15, 0.2) is 0 Å². The SMILES string of the molecule is C=C1CCC2OC(C)CC2C1. The molecule has 3 unspecified atom stereocenters. The minimum Gasteiger partial charge on any atom is -0.375 e. The summed E-state index contributed by atoms with van der Waals surface area (Å²) in [5.41, 5.74) is 1.43. The Morgan fingerprint density at radius 1 is 1.55 bits per heavy atom. The van der Waals surface area contributed by atoms with Gasteiger partial charge in [0.25, 0.3) is 0 Å². The molecule has 0 aromatic rings. The van der Waals surface area contributed by atoms with Crippen molar-refractivity contribution in [3.8, 4) is 0 Å². The third kappa shape index (κ3) is 1.34. The third-order valence-corrected chi connectivity index (χ3v) is 2.90. The molecule has 1 saturated carbocycles. The molecule has 0 radical (unpaired) electrons. The van der Waals surface area contributed by atoms with Crippen LogP contribution in [0.2, 0.25) is 0 Å². The fourth-order valence-electron chi connectivity index (χ4n) is 2.38. The van der Waals surface area contributed by atoms with Gasteiger partial charge < -0.3 is 4.74 Å². The summed E-state index contributed by atoms with van der Waals surface area (Å²) in [5.74, 6) is 0.797. The van der Waals surface area contributed by atoms with Gasteiger partial charge in [-0.15, -0.1) is 0 Å². The first-order chi connectivity index (χ1) is 5.25.